The van der Waals surface area contributed by atoms with Gasteiger partial charge in [-0.15, -0.1) is 0 Å². The second-order valence-corrected chi connectivity index (χ2v) is 4.51. The van der Waals surface area contributed by atoms with Crippen molar-refractivity contribution in [2.24, 2.45) is 0 Å². The lowest BCUT2D eigenvalue weighted by Gasteiger charge is -2.03. The highest BCUT2D eigenvalue weighted by Gasteiger charge is 2.19. The van der Waals surface area contributed by atoms with Gasteiger partial charge in [0.2, 0.25) is 0 Å². The molecule has 2 fully saturated rings. The highest BCUT2D eigenvalue weighted by molar-refractivity contribution is 5.90. The van der Waals surface area contributed by atoms with Gasteiger partial charge in [0.1, 0.15) is 0 Å². The fraction of sp³-hybridized carbons (Fsp3) is 0.571. The summed E-state index contributed by atoms with van der Waals surface area (Å²) in [6, 6.07) is 0. The van der Waals surface area contributed by atoms with Gasteiger partial charge in [0, 0.05) is 12.8 Å². The molecule has 0 aromatic rings. The van der Waals surface area contributed by atoms with Crippen LogP contribution in [0.15, 0.2) is 23.7 Å². The lowest BCUT2D eigenvalue weighted by Crippen LogP contribution is -1.99. The Kier molecular flexibility index (Phi) is 5.46. The van der Waals surface area contributed by atoms with Crippen molar-refractivity contribution in [1.82, 2.24) is 0 Å². The molecule has 6 nitrogen and oxygen atoms in total. The average Bonchev–Trinajstić information content (AvgIpc) is 3.02. The molecule has 0 saturated carbocycles. The molecule has 0 unspecified atom stereocenters. The number of hydrogen-bond acceptors (Lipinski definition) is 6. The molecule has 110 valence electrons. The monoisotopic (exact) mass is 282 g/mol. The molecule has 0 aromatic heterocycles. The van der Waals surface area contributed by atoms with Crippen molar-refractivity contribution < 1.29 is 28.5 Å². The largest absolute Gasteiger partial charge is 0.501 e. The van der Waals surface area contributed by atoms with Crippen molar-refractivity contribution in [3.63, 3.8) is 0 Å². The van der Waals surface area contributed by atoms with Crippen LogP contribution in [0.4, 0.5) is 0 Å². The van der Waals surface area contributed by atoms with E-state index in [-0.39, 0.29) is 11.9 Å². The second kappa shape index (κ2) is 7.57. The Morgan fingerprint density at radius 2 is 1.30 bits per heavy atom. The lowest BCUT2D eigenvalue weighted by atomic mass is 10.2. The quantitative estimate of drug-likeness (QED) is 0.305. The van der Waals surface area contributed by atoms with Crippen molar-refractivity contribution in [1.29, 1.82) is 0 Å². The fourth-order valence-electron chi connectivity index (χ4n) is 1.80. The standard InChI is InChI=1S/C14H18O6/c15-13-11(3-7-19-13)9-17-5-1-2-6-18-10-12-4-8-20-14(12)16/h9-10H,1-8H2/b11-9-,12-10+. The first kappa shape index (κ1) is 14.4. The lowest BCUT2D eigenvalue weighted by molar-refractivity contribution is -0.136. The van der Waals surface area contributed by atoms with E-state index >= 15 is 0 Å². The summed E-state index contributed by atoms with van der Waals surface area (Å²) in [4.78, 5) is 22.2. The highest BCUT2D eigenvalue weighted by Crippen LogP contribution is 2.13. The van der Waals surface area contributed by atoms with Crippen LogP contribution in [-0.2, 0) is 28.5 Å². The van der Waals surface area contributed by atoms with E-state index in [1.54, 1.807) is 0 Å². The Hall–Kier alpha value is -1.98. The Bertz CT molecular complexity index is 383. The molecule has 2 aliphatic rings. The summed E-state index contributed by atoms with van der Waals surface area (Å²) in [5, 5.41) is 0. The molecular formula is C14H18O6. The smallest absolute Gasteiger partial charge is 0.337 e. The van der Waals surface area contributed by atoms with Crippen LogP contribution >= 0.6 is 0 Å². The third-order valence-electron chi connectivity index (χ3n) is 2.96. The predicted octanol–water partition coefficient (Wildman–Crippen LogP) is 1.46. The molecule has 2 rings (SSSR count). The Labute approximate surface area is 117 Å². The third kappa shape index (κ3) is 4.29. The molecule has 6 heteroatoms. The minimum absolute atomic E-state index is 0.289. The number of hydrogen-bond donors (Lipinski definition) is 0. The van der Waals surface area contributed by atoms with E-state index in [0.717, 1.165) is 12.8 Å². The van der Waals surface area contributed by atoms with Crippen LogP contribution in [0.5, 0.6) is 0 Å². The molecule has 2 aliphatic heterocycles. The van der Waals surface area contributed by atoms with Gasteiger partial charge < -0.3 is 18.9 Å². The van der Waals surface area contributed by atoms with Crippen LogP contribution in [0.1, 0.15) is 25.7 Å². The molecule has 2 saturated heterocycles. The van der Waals surface area contributed by atoms with Crippen LogP contribution < -0.4 is 0 Å². The number of carbonyl (C=O) groups excluding carboxylic acids is 2. The first-order valence-electron chi connectivity index (χ1n) is 6.73. The zero-order valence-electron chi connectivity index (χ0n) is 11.3. The summed E-state index contributed by atoms with van der Waals surface area (Å²) in [6.45, 7) is 1.94. The number of unbranched alkanes of at least 4 members (excludes halogenated alkanes) is 1. The first-order chi connectivity index (χ1) is 9.77. The highest BCUT2D eigenvalue weighted by atomic mass is 16.5. The molecule has 0 aromatic carbocycles. The van der Waals surface area contributed by atoms with E-state index < -0.39 is 0 Å². The molecule has 0 aliphatic carbocycles. The minimum atomic E-state index is -0.289. The van der Waals surface area contributed by atoms with Gasteiger partial charge in [-0.25, -0.2) is 9.59 Å². The number of ether oxygens (including phenoxy) is 4. The topological polar surface area (TPSA) is 71.1 Å². The average molecular weight is 282 g/mol. The van der Waals surface area contributed by atoms with Crippen molar-refractivity contribution in [3.8, 4) is 0 Å². The summed E-state index contributed by atoms with van der Waals surface area (Å²) in [6.07, 6.45) is 5.82. The van der Waals surface area contributed by atoms with Crippen molar-refractivity contribution in [3.05, 3.63) is 23.7 Å². The molecule has 0 bridgehead atoms. The maximum Gasteiger partial charge on any atom is 0.337 e. The number of carbonyl (C=O) groups is 2. The zero-order chi connectivity index (χ0) is 14.2. The van der Waals surface area contributed by atoms with E-state index in [0.29, 0.717) is 50.4 Å². The van der Waals surface area contributed by atoms with Gasteiger partial charge in [0.25, 0.3) is 0 Å². The molecule has 0 spiro atoms. The normalized spacial score (nSPS) is 22.2. The molecule has 0 atom stereocenters. The molecule has 0 radical (unpaired) electrons. The third-order valence-corrected chi connectivity index (χ3v) is 2.96. The van der Waals surface area contributed by atoms with Crippen LogP contribution in [0.25, 0.3) is 0 Å². The summed E-state index contributed by atoms with van der Waals surface area (Å²) in [5.74, 6) is -0.577. The van der Waals surface area contributed by atoms with E-state index in [2.05, 4.69) is 0 Å². The van der Waals surface area contributed by atoms with Crippen LogP contribution in [-0.4, -0.2) is 38.4 Å². The summed E-state index contributed by atoms with van der Waals surface area (Å²) < 4.78 is 20.1. The molecule has 2 heterocycles. The van der Waals surface area contributed by atoms with Gasteiger partial charge in [-0.2, -0.15) is 0 Å². The predicted molar refractivity (Wildman–Crippen MR) is 68.5 cm³/mol. The maximum absolute atomic E-state index is 11.1. The van der Waals surface area contributed by atoms with Crippen molar-refractivity contribution in [2.75, 3.05) is 26.4 Å². The molecule has 20 heavy (non-hydrogen) atoms. The van der Waals surface area contributed by atoms with Gasteiger partial charge >= 0.3 is 11.9 Å². The van der Waals surface area contributed by atoms with Crippen molar-refractivity contribution in [2.45, 2.75) is 25.7 Å². The molecular weight excluding hydrogens is 264 g/mol. The molecule has 0 N–H and O–H groups in total. The van der Waals surface area contributed by atoms with E-state index in [9.17, 15) is 9.59 Å². The zero-order valence-corrected chi connectivity index (χ0v) is 11.3. The summed E-state index contributed by atoms with van der Waals surface area (Å²) in [7, 11) is 0. The summed E-state index contributed by atoms with van der Waals surface area (Å²) >= 11 is 0. The second-order valence-electron chi connectivity index (χ2n) is 4.51. The van der Waals surface area contributed by atoms with Crippen LogP contribution in [0.2, 0.25) is 0 Å². The molecule has 0 amide bonds. The van der Waals surface area contributed by atoms with Gasteiger partial charge in [-0.1, -0.05) is 0 Å². The van der Waals surface area contributed by atoms with Crippen molar-refractivity contribution >= 4 is 11.9 Å². The SMILES string of the molecule is O=C1OCC/C1=C/OCCCCO/C=C1\CCOC1=O. The van der Waals surface area contributed by atoms with Crippen LogP contribution in [0.3, 0.4) is 0 Å². The Morgan fingerprint density at radius 1 is 0.850 bits per heavy atom. The minimum Gasteiger partial charge on any atom is -0.501 e. The van der Waals surface area contributed by atoms with Gasteiger partial charge in [0.15, 0.2) is 0 Å². The van der Waals surface area contributed by atoms with Gasteiger partial charge in [-0.3, -0.25) is 0 Å². The maximum atomic E-state index is 11.1. The number of cyclic esters (lactones) is 2. The number of esters is 2. The van der Waals surface area contributed by atoms with E-state index in [1.807, 2.05) is 0 Å². The van der Waals surface area contributed by atoms with Crippen LogP contribution in [0, 0.1) is 0 Å². The fourth-order valence-corrected chi connectivity index (χ4v) is 1.80. The van der Waals surface area contributed by atoms with Gasteiger partial charge in [-0.05, 0) is 12.8 Å². The number of rotatable bonds is 7. The van der Waals surface area contributed by atoms with Gasteiger partial charge in [0.05, 0.1) is 50.1 Å². The summed E-state index contributed by atoms with van der Waals surface area (Å²) in [5.41, 5.74) is 1.18. The first-order valence-corrected chi connectivity index (χ1v) is 6.73. The van der Waals surface area contributed by atoms with E-state index in [4.69, 9.17) is 18.9 Å². The van der Waals surface area contributed by atoms with E-state index in [1.165, 1.54) is 12.5 Å². The Balaban J connectivity index is 1.50. The Morgan fingerprint density at radius 3 is 1.65 bits per heavy atom.